The van der Waals surface area contributed by atoms with Gasteiger partial charge in [-0.25, -0.2) is 0 Å². The summed E-state index contributed by atoms with van der Waals surface area (Å²) in [5.74, 6) is -0.0777. The minimum atomic E-state index is -0.341. The summed E-state index contributed by atoms with van der Waals surface area (Å²) < 4.78 is 0. The first-order valence-corrected chi connectivity index (χ1v) is 7.15. The second kappa shape index (κ2) is 6.74. The van der Waals surface area contributed by atoms with Gasteiger partial charge in [0.05, 0.1) is 0 Å². The Morgan fingerprint density at radius 1 is 1.14 bits per heavy atom. The van der Waals surface area contributed by atoms with Gasteiger partial charge in [-0.3, -0.25) is 9.69 Å². The largest absolute Gasteiger partial charge is 0.324 e. The Hall–Kier alpha value is -1.84. The van der Waals surface area contributed by atoms with E-state index in [-0.39, 0.29) is 11.9 Å². The molecule has 3 nitrogen and oxygen atoms in total. The molecular weight excluding hydrogens is 284 g/mol. The van der Waals surface area contributed by atoms with Gasteiger partial charge in [0.25, 0.3) is 0 Å². The van der Waals surface area contributed by atoms with Crippen LogP contribution in [0.5, 0.6) is 0 Å². The Morgan fingerprint density at radius 2 is 1.81 bits per heavy atom. The number of likely N-dealkylation sites (N-methyl/N-ethyl adjacent to an activating group) is 1. The number of amides is 1. The fourth-order valence-electron chi connectivity index (χ4n) is 2.20. The number of carbonyl (C=O) groups excluding carboxylic acids is 1. The van der Waals surface area contributed by atoms with Crippen LogP contribution in [0.25, 0.3) is 0 Å². The second-order valence-electron chi connectivity index (χ2n) is 5.23. The van der Waals surface area contributed by atoms with E-state index in [0.717, 1.165) is 11.1 Å². The summed E-state index contributed by atoms with van der Waals surface area (Å²) in [6.45, 7) is 1.93. The monoisotopic (exact) mass is 302 g/mol. The lowest BCUT2D eigenvalue weighted by atomic mass is 10.1. The van der Waals surface area contributed by atoms with Gasteiger partial charge in [-0.15, -0.1) is 0 Å². The lowest BCUT2D eigenvalue weighted by Gasteiger charge is -2.24. The van der Waals surface area contributed by atoms with Crippen LogP contribution in [-0.4, -0.2) is 24.9 Å². The molecule has 0 aliphatic heterocycles. The molecule has 0 spiro atoms. The zero-order valence-electron chi connectivity index (χ0n) is 12.4. The number of nitrogens with one attached hydrogen (secondary N) is 1. The van der Waals surface area contributed by atoms with E-state index in [1.165, 1.54) is 0 Å². The molecule has 2 rings (SSSR count). The van der Waals surface area contributed by atoms with Crippen LogP contribution >= 0.6 is 11.6 Å². The lowest BCUT2D eigenvalue weighted by Crippen LogP contribution is -2.32. The molecule has 0 aliphatic carbocycles. The van der Waals surface area contributed by atoms with Crippen LogP contribution in [0.4, 0.5) is 5.69 Å². The van der Waals surface area contributed by atoms with Crippen molar-refractivity contribution in [3.63, 3.8) is 0 Å². The van der Waals surface area contributed by atoms with Crippen LogP contribution in [-0.2, 0) is 4.79 Å². The number of carbonyl (C=O) groups is 1. The Bertz CT molecular complexity index is 626. The minimum absolute atomic E-state index is 0.0777. The number of anilines is 1. The third-order valence-electron chi connectivity index (χ3n) is 3.32. The van der Waals surface area contributed by atoms with Gasteiger partial charge in [0.2, 0.25) is 5.91 Å². The lowest BCUT2D eigenvalue weighted by molar-refractivity contribution is -0.120. The summed E-state index contributed by atoms with van der Waals surface area (Å²) in [5.41, 5.74) is 2.65. The number of benzene rings is 2. The van der Waals surface area contributed by atoms with Crippen LogP contribution in [0.1, 0.15) is 17.2 Å². The van der Waals surface area contributed by atoms with Gasteiger partial charge in [-0.1, -0.05) is 48.0 Å². The van der Waals surface area contributed by atoms with E-state index in [0.29, 0.717) is 10.7 Å². The first kappa shape index (κ1) is 15.5. The Morgan fingerprint density at radius 3 is 2.38 bits per heavy atom. The molecule has 0 radical (unpaired) electrons. The third-order valence-corrected chi connectivity index (χ3v) is 3.73. The van der Waals surface area contributed by atoms with E-state index in [1.807, 2.05) is 68.4 Å². The van der Waals surface area contributed by atoms with E-state index in [1.54, 1.807) is 6.07 Å². The summed E-state index contributed by atoms with van der Waals surface area (Å²) >= 11 is 6.09. The molecule has 0 heterocycles. The molecular formula is C17H19ClN2O. The summed E-state index contributed by atoms with van der Waals surface area (Å²) in [6.07, 6.45) is 0. The van der Waals surface area contributed by atoms with E-state index < -0.39 is 0 Å². The fraction of sp³-hybridized carbons (Fsp3) is 0.235. The highest BCUT2D eigenvalue weighted by Gasteiger charge is 2.22. The van der Waals surface area contributed by atoms with Crippen LogP contribution in [0, 0.1) is 6.92 Å². The van der Waals surface area contributed by atoms with Crippen LogP contribution in [0.2, 0.25) is 5.02 Å². The molecule has 0 fully saturated rings. The number of halogens is 1. The Labute approximate surface area is 130 Å². The molecule has 1 N–H and O–H groups in total. The summed E-state index contributed by atoms with van der Waals surface area (Å²) in [5, 5.41) is 3.57. The number of rotatable bonds is 4. The summed E-state index contributed by atoms with van der Waals surface area (Å²) in [4.78, 5) is 14.4. The van der Waals surface area contributed by atoms with Crippen molar-refractivity contribution in [1.82, 2.24) is 4.90 Å². The van der Waals surface area contributed by atoms with Gasteiger partial charge in [0.15, 0.2) is 0 Å². The molecule has 0 bridgehead atoms. The first-order chi connectivity index (χ1) is 9.99. The quantitative estimate of drug-likeness (QED) is 0.929. The predicted molar refractivity (Wildman–Crippen MR) is 87.7 cm³/mol. The van der Waals surface area contributed by atoms with E-state index in [4.69, 9.17) is 11.6 Å². The number of aryl methyl sites for hydroxylation is 1. The van der Waals surface area contributed by atoms with Crippen LogP contribution < -0.4 is 5.32 Å². The molecule has 2 aromatic carbocycles. The average Bonchev–Trinajstić information content (AvgIpc) is 2.44. The van der Waals surface area contributed by atoms with Crippen molar-refractivity contribution in [3.05, 3.63) is 64.7 Å². The van der Waals surface area contributed by atoms with Crippen LogP contribution in [0.15, 0.2) is 48.5 Å². The van der Waals surface area contributed by atoms with Crippen molar-refractivity contribution in [2.75, 3.05) is 19.4 Å². The molecule has 2 aromatic rings. The molecule has 1 atom stereocenters. The number of nitrogens with zero attached hydrogens (tertiary/aromatic N) is 1. The van der Waals surface area contributed by atoms with Crippen molar-refractivity contribution in [2.24, 2.45) is 0 Å². The van der Waals surface area contributed by atoms with Crippen molar-refractivity contribution in [1.29, 1.82) is 0 Å². The molecule has 0 aromatic heterocycles. The molecule has 0 unspecified atom stereocenters. The number of hydrogen-bond donors (Lipinski definition) is 1. The van der Waals surface area contributed by atoms with Crippen molar-refractivity contribution < 1.29 is 4.79 Å². The minimum Gasteiger partial charge on any atom is -0.324 e. The van der Waals surface area contributed by atoms with Crippen molar-refractivity contribution in [2.45, 2.75) is 13.0 Å². The average molecular weight is 303 g/mol. The summed E-state index contributed by atoms with van der Waals surface area (Å²) in [7, 11) is 3.78. The number of hydrogen-bond acceptors (Lipinski definition) is 2. The maximum atomic E-state index is 12.6. The fourth-order valence-corrected chi connectivity index (χ4v) is 2.38. The van der Waals surface area contributed by atoms with Gasteiger partial charge in [-0.2, -0.15) is 0 Å². The smallest absolute Gasteiger partial charge is 0.246 e. The predicted octanol–water partition coefficient (Wildman–Crippen LogP) is 3.89. The first-order valence-electron chi connectivity index (χ1n) is 6.77. The van der Waals surface area contributed by atoms with Crippen LogP contribution in [0.3, 0.4) is 0 Å². The van der Waals surface area contributed by atoms with Crippen molar-refractivity contribution in [3.8, 4) is 0 Å². The van der Waals surface area contributed by atoms with Gasteiger partial charge in [0, 0.05) is 10.7 Å². The molecule has 110 valence electrons. The zero-order chi connectivity index (χ0) is 15.4. The zero-order valence-corrected chi connectivity index (χ0v) is 13.2. The normalized spacial score (nSPS) is 12.2. The van der Waals surface area contributed by atoms with E-state index >= 15 is 0 Å². The van der Waals surface area contributed by atoms with Gasteiger partial charge in [-0.05, 0) is 44.3 Å². The molecule has 0 saturated heterocycles. The van der Waals surface area contributed by atoms with Gasteiger partial charge >= 0.3 is 0 Å². The second-order valence-corrected chi connectivity index (χ2v) is 5.64. The molecule has 21 heavy (non-hydrogen) atoms. The Kier molecular flexibility index (Phi) is 4.99. The maximum Gasteiger partial charge on any atom is 0.246 e. The molecule has 0 saturated carbocycles. The Balaban J connectivity index is 2.21. The van der Waals surface area contributed by atoms with E-state index in [2.05, 4.69) is 5.32 Å². The third kappa shape index (κ3) is 3.84. The van der Waals surface area contributed by atoms with E-state index in [9.17, 15) is 4.79 Å². The highest BCUT2D eigenvalue weighted by atomic mass is 35.5. The highest BCUT2D eigenvalue weighted by Crippen LogP contribution is 2.23. The topological polar surface area (TPSA) is 32.3 Å². The van der Waals surface area contributed by atoms with Gasteiger partial charge < -0.3 is 5.32 Å². The van der Waals surface area contributed by atoms with Crippen molar-refractivity contribution >= 4 is 23.2 Å². The SMILES string of the molecule is Cc1ccc(NC(=O)[C@@H](c2ccccc2)N(C)C)cc1Cl. The molecule has 4 heteroatoms. The molecule has 0 aliphatic rings. The maximum absolute atomic E-state index is 12.6. The molecule has 1 amide bonds. The highest BCUT2D eigenvalue weighted by molar-refractivity contribution is 6.31. The standard InChI is InChI=1S/C17H19ClN2O/c1-12-9-10-14(11-15(12)18)19-17(21)16(20(2)3)13-7-5-4-6-8-13/h4-11,16H,1-3H3,(H,19,21)/t16-/m1/s1. The van der Waals surface area contributed by atoms with Gasteiger partial charge in [0.1, 0.15) is 6.04 Å². The summed E-state index contributed by atoms with van der Waals surface area (Å²) in [6, 6.07) is 14.9.